The lowest BCUT2D eigenvalue weighted by Gasteiger charge is -2.56. The number of ether oxygens (including phenoxy) is 4. The summed E-state index contributed by atoms with van der Waals surface area (Å²) in [5.74, 6) is 1.35. The second-order valence-electron chi connectivity index (χ2n) is 8.39. The van der Waals surface area contributed by atoms with Crippen LogP contribution in [0.5, 0.6) is 5.75 Å². The second-order valence-corrected chi connectivity index (χ2v) is 8.39. The molecule has 0 aromatic heterocycles. The smallest absolute Gasteiger partial charge is 0.157 e. The van der Waals surface area contributed by atoms with Crippen molar-refractivity contribution in [2.75, 3.05) is 33.9 Å². The van der Waals surface area contributed by atoms with Gasteiger partial charge in [-0.1, -0.05) is 19.1 Å². The van der Waals surface area contributed by atoms with Gasteiger partial charge in [0, 0.05) is 24.5 Å². The fraction of sp³-hybridized carbons (Fsp3) is 0.727. The molecule has 0 saturated carbocycles. The molecule has 0 aliphatic carbocycles. The van der Waals surface area contributed by atoms with Gasteiger partial charge in [-0.25, -0.2) is 0 Å². The van der Waals surface area contributed by atoms with E-state index in [9.17, 15) is 0 Å². The third kappa shape index (κ3) is 3.75. The highest BCUT2D eigenvalue weighted by Crippen LogP contribution is 2.50. The van der Waals surface area contributed by atoms with Crippen molar-refractivity contribution < 1.29 is 18.9 Å². The van der Waals surface area contributed by atoms with E-state index in [0.29, 0.717) is 12.5 Å². The van der Waals surface area contributed by atoms with E-state index in [0.717, 1.165) is 44.6 Å². The van der Waals surface area contributed by atoms with Gasteiger partial charge >= 0.3 is 0 Å². The van der Waals surface area contributed by atoms with Crippen LogP contribution in [0.1, 0.15) is 44.6 Å². The zero-order valence-electron chi connectivity index (χ0n) is 16.9. The largest absolute Gasteiger partial charge is 0.497 e. The van der Waals surface area contributed by atoms with Crippen LogP contribution in [-0.2, 0) is 19.6 Å². The van der Waals surface area contributed by atoms with Crippen molar-refractivity contribution in [3.63, 3.8) is 0 Å². The van der Waals surface area contributed by atoms with Crippen molar-refractivity contribution in [3.8, 4) is 5.75 Å². The zero-order chi connectivity index (χ0) is 18.9. The highest BCUT2D eigenvalue weighted by Gasteiger charge is 2.52. The predicted octanol–water partition coefficient (Wildman–Crippen LogP) is 3.56. The number of methoxy groups -OCH3 is 1. The van der Waals surface area contributed by atoms with Crippen LogP contribution in [0, 0.1) is 5.92 Å². The Hall–Kier alpha value is -1.14. The molecule has 3 aliphatic rings. The van der Waals surface area contributed by atoms with Crippen LogP contribution >= 0.6 is 0 Å². The Morgan fingerprint density at radius 1 is 1.30 bits per heavy atom. The van der Waals surface area contributed by atoms with Crippen molar-refractivity contribution in [2.45, 2.75) is 63.1 Å². The van der Waals surface area contributed by atoms with E-state index >= 15 is 0 Å². The topological polar surface area (TPSA) is 40.2 Å². The molecule has 3 fully saturated rings. The Kier molecular flexibility index (Phi) is 5.74. The van der Waals surface area contributed by atoms with Crippen LogP contribution in [0.25, 0.3) is 0 Å². The number of hydrogen-bond donors (Lipinski definition) is 0. The molecule has 27 heavy (non-hydrogen) atoms. The van der Waals surface area contributed by atoms with E-state index in [1.165, 1.54) is 12.0 Å². The van der Waals surface area contributed by atoms with Crippen LogP contribution in [-0.4, -0.2) is 57.4 Å². The first-order valence-electron chi connectivity index (χ1n) is 10.4. The summed E-state index contributed by atoms with van der Waals surface area (Å²) in [6.07, 6.45) is 5.59. The van der Waals surface area contributed by atoms with Crippen molar-refractivity contribution in [1.82, 2.24) is 4.90 Å². The number of hydrogen-bond acceptors (Lipinski definition) is 5. The van der Waals surface area contributed by atoms with Gasteiger partial charge in [-0.3, -0.25) is 4.90 Å². The molecule has 0 N–H and O–H groups in total. The molecule has 2 bridgehead atoms. The SMILES string of the molecule is COc1cccc(C23CCN(C)C(OC(COC4CCCCO4)C2)C3C)c1. The molecule has 1 aromatic carbocycles. The molecule has 0 radical (unpaired) electrons. The quantitative estimate of drug-likeness (QED) is 0.787. The molecule has 3 heterocycles. The number of nitrogens with zero attached hydrogens (tertiary/aromatic N) is 1. The van der Waals surface area contributed by atoms with Gasteiger partial charge in [0.05, 0.1) is 19.8 Å². The first-order chi connectivity index (χ1) is 13.1. The van der Waals surface area contributed by atoms with Gasteiger partial charge in [0.25, 0.3) is 0 Å². The normalized spacial score (nSPS) is 37.1. The van der Waals surface area contributed by atoms with Gasteiger partial charge in [-0.05, 0) is 56.8 Å². The lowest BCUT2D eigenvalue weighted by molar-refractivity contribution is -0.236. The van der Waals surface area contributed by atoms with Crippen molar-refractivity contribution in [2.24, 2.45) is 5.92 Å². The lowest BCUT2D eigenvalue weighted by Crippen LogP contribution is -2.61. The Morgan fingerprint density at radius 2 is 2.19 bits per heavy atom. The van der Waals surface area contributed by atoms with Crippen LogP contribution < -0.4 is 4.74 Å². The zero-order valence-corrected chi connectivity index (χ0v) is 16.9. The van der Waals surface area contributed by atoms with Crippen molar-refractivity contribution in [3.05, 3.63) is 29.8 Å². The van der Waals surface area contributed by atoms with Crippen LogP contribution in [0.4, 0.5) is 0 Å². The number of piperidine rings is 1. The van der Waals surface area contributed by atoms with Crippen LogP contribution in [0.15, 0.2) is 24.3 Å². The third-order valence-corrected chi connectivity index (χ3v) is 6.82. The first kappa shape index (κ1) is 19.2. The molecule has 0 spiro atoms. The fourth-order valence-corrected chi connectivity index (χ4v) is 5.16. The monoisotopic (exact) mass is 375 g/mol. The molecule has 0 amide bonds. The Bertz CT molecular complexity index is 632. The van der Waals surface area contributed by atoms with Gasteiger partial charge in [0.15, 0.2) is 6.29 Å². The molecule has 3 aliphatic heterocycles. The maximum Gasteiger partial charge on any atom is 0.157 e. The molecule has 4 rings (SSSR count). The Labute approximate surface area is 162 Å². The van der Waals surface area contributed by atoms with E-state index in [4.69, 9.17) is 18.9 Å². The summed E-state index contributed by atoms with van der Waals surface area (Å²) < 4.78 is 23.8. The van der Waals surface area contributed by atoms with Gasteiger partial charge < -0.3 is 18.9 Å². The molecule has 5 atom stereocenters. The minimum absolute atomic E-state index is 0.0629. The minimum atomic E-state index is -0.0629. The highest BCUT2D eigenvalue weighted by molar-refractivity contribution is 5.36. The van der Waals surface area contributed by atoms with Crippen molar-refractivity contribution in [1.29, 1.82) is 0 Å². The summed E-state index contributed by atoms with van der Waals surface area (Å²) >= 11 is 0. The molecule has 3 saturated heterocycles. The van der Waals surface area contributed by atoms with Gasteiger partial charge in [0.1, 0.15) is 12.0 Å². The fourth-order valence-electron chi connectivity index (χ4n) is 5.16. The average molecular weight is 376 g/mol. The Balaban J connectivity index is 1.54. The van der Waals surface area contributed by atoms with Crippen molar-refractivity contribution >= 4 is 0 Å². The summed E-state index contributed by atoms with van der Waals surface area (Å²) in [6.45, 7) is 4.80. The summed E-state index contributed by atoms with van der Waals surface area (Å²) in [5.41, 5.74) is 1.47. The summed E-state index contributed by atoms with van der Waals surface area (Å²) in [4.78, 5) is 2.35. The molecular weight excluding hydrogens is 342 g/mol. The third-order valence-electron chi connectivity index (χ3n) is 6.82. The standard InChI is InChI=1S/C22H33NO4/c1-16-21-23(2)11-10-22(16,17-7-6-8-18(13-17)24-3)14-19(27-21)15-26-20-9-4-5-12-25-20/h6-8,13,16,19-21H,4-5,9-12,14-15H2,1-3H3. The second kappa shape index (κ2) is 8.08. The predicted molar refractivity (Wildman–Crippen MR) is 104 cm³/mol. The van der Waals surface area contributed by atoms with Crippen LogP contribution in [0.2, 0.25) is 0 Å². The van der Waals surface area contributed by atoms with Gasteiger partial charge in [0.2, 0.25) is 0 Å². The number of fused-ring (bicyclic) bond motifs is 2. The summed E-state index contributed by atoms with van der Waals surface area (Å²) in [6, 6.07) is 8.61. The van der Waals surface area contributed by atoms with E-state index in [1.807, 2.05) is 6.07 Å². The minimum Gasteiger partial charge on any atom is -0.497 e. The molecular formula is C22H33NO4. The molecule has 5 unspecified atom stereocenters. The molecule has 150 valence electrons. The molecule has 1 aromatic rings. The van der Waals surface area contributed by atoms with Crippen LogP contribution in [0.3, 0.4) is 0 Å². The van der Waals surface area contributed by atoms with E-state index in [1.54, 1.807) is 7.11 Å². The molecule has 5 nitrogen and oxygen atoms in total. The highest BCUT2D eigenvalue weighted by atomic mass is 16.7. The van der Waals surface area contributed by atoms with Gasteiger partial charge in [-0.2, -0.15) is 0 Å². The first-order valence-corrected chi connectivity index (χ1v) is 10.4. The maximum absolute atomic E-state index is 6.49. The lowest BCUT2D eigenvalue weighted by atomic mass is 9.61. The number of rotatable bonds is 5. The Morgan fingerprint density at radius 3 is 2.96 bits per heavy atom. The maximum atomic E-state index is 6.49. The average Bonchev–Trinajstić information content (AvgIpc) is 2.71. The summed E-state index contributed by atoms with van der Waals surface area (Å²) in [5, 5.41) is 0. The molecule has 5 heteroatoms. The van der Waals surface area contributed by atoms with Gasteiger partial charge in [-0.15, -0.1) is 0 Å². The summed E-state index contributed by atoms with van der Waals surface area (Å²) in [7, 11) is 3.91. The number of benzene rings is 1. The van der Waals surface area contributed by atoms with E-state index in [-0.39, 0.29) is 24.0 Å². The number of likely N-dealkylation sites (tertiary alicyclic amines) is 1. The van der Waals surface area contributed by atoms with E-state index < -0.39 is 0 Å². The van der Waals surface area contributed by atoms with E-state index in [2.05, 4.69) is 37.1 Å².